The molecular weight excluding hydrogens is 310 g/mol. The average molecular weight is 322 g/mol. The summed E-state index contributed by atoms with van der Waals surface area (Å²) in [6.07, 6.45) is 0. The first kappa shape index (κ1) is 13.4. The first-order chi connectivity index (χ1) is 9.06. The first-order valence-corrected chi connectivity index (χ1v) is 6.35. The largest absolute Gasteiger partial charge is 0.508 e. The minimum atomic E-state index is -0.562. The number of anilines is 1. The Balaban J connectivity index is 2.07. The molecule has 98 valence electrons. The fraction of sp³-hybridized carbons (Fsp3) is 0.0714. The van der Waals surface area contributed by atoms with Gasteiger partial charge in [0.1, 0.15) is 12.4 Å². The molecule has 0 saturated carbocycles. The summed E-state index contributed by atoms with van der Waals surface area (Å²) < 4.78 is 6.07. The van der Waals surface area contributed by atoms with Gasteiger partial charge in [-0.3, -0.25) is 0 Å². The molecule has 0 aliphatic heterocycles. The van der Waals surface area contributed by atoms with Crippen LogP contribution in [0.1, 0.15) is 15.9 Å². The number of rotatable bonds is 3. The number of esters is 1. The topological polar surface area (TPSA) is 72.5 Å². The zero-order valence-electron chi connectivity index (χ0n) is 9.97. The molecule has 2 aromatic carbocycles. The van der Waals surface area contributed by atoms with Gasteiger partial charge in [0.2, 0.25) is 0 Å². The highest BCUT2D eigenvalue weighted by Crippen LogP contribution is 2.20. The summed E-state index contributed by atoms with van der Waals surface area (Å²) in [6.45, 7) is 0.146. The standard InChI is InChI=1S/C14H12BrNO3/c15-10-3-1-2-9(6-10)8-19-14(18)12-7-11(17)4-5-13(12)16/h1-7,17H,8,16H2. The second kappa shape index (κ2) is 5.75. The molecule has 4 nitrogen and oxygen atoms in total. The van der Waals surface area contributed by atoms with Crippen LogP contribution in [0, 0.1) is 0 Å². The van der Waals surface area contributed by atoms with E-state index in [1.54, 1.807) is 0 Å². The Labute approximate surface area is 118 Å². The summed E-state index contributed by atoms with van der Waals surface area (Å²) in [7, 11) is 0. The number of hydrogen-bond donors (Lipinski definition) is 2. The van der Waals surface area contributed by atoms with Crippen LogP contribution >= 0.6 is 15.9 Å². The van der Waals surface area contributed by atoms with Crippen molar-refractivity contribution in [2.75, 3.05) is 5.73 Å². The molecule has 2 aromatic rings. The molecule has 0 aromatic heterocycles. The predicted molar refractivity (Wildman–Crippen MR) is 75.8 cm³/mol. The molecular formula is C14H12BrNO3. The van der Waals surface area contributed by atoms with Crippen LogP contribution in [0.3, 0.4) is 0 Å². The number of halogens is 1. The quantitative estimate of drug-likeness (QED) is 0.517. The summed E-state index contributed by atoms with van der Waals surface area (Å²) in [6, 6.07) is 11.6. The highest BCUT2D eigenvalue weighted by atomic mass is 79.9. The maximum Gasteiger partial charge on any atom is 0.340 e. The van der Waals surface area contributed by atoms with Crippen molar-refractivity contribution in [3.05, 3.63) is 58.1 Å². The van der Waals surface area contributed by atoms with E-state index < -0.39 is 5.97 Å². The Hall–Kier alpha value is -2.01. The Kier molecular flexibility index (Phi) is 4.06. The molecule has 0 atom stereocenters. The van der Waals surface area contributed by atoms with Gasteiger partial charge in [-0.25, -0.2) is 4.79 Å². The SMILES string of the molecule is Nc1ccc(O)cc1C(=O)OCc1cccc(Br)c1. The van der Waals surface area contributed by atoms with Crippen LogP contribution in [0.5, 0.6) is 5.75 Å². The molecule has 0 amide bonds. The number of phenolic OH excluding ortho intramolecular Hbond substituents is 1. The number of benzene rings is 2. The van der Waals surface area contributed by atoms with E-state index >= 15 is 0 Å². The van der Waals surface area contributed by atoms with Gasteiger partial charge in [-0.2, -0.15) is 0 Å². The first-order valence-electron chi connectivity index (χ1n) is 5.56. The Morgan fingerprint density at radius 1 is 1.26 bits per heavy atom. The molecule has 3 N–H and O–H groups in total. The van der Waals surface area contributed by atoms with Gasteiger partial charge in [0, 0.05) is 10.2 Å². The van der Waals surface area contributed by atoms with E-state index in [1.165, 1.54) is 18.2 Å². The Bertz CT molecular complexity index is 613. The smallest absolute Gasteiger partial charge is 0.340 e. The molecule has 0 unspecified atom stereocenters. The molecule has 0 fully saturated rings. The van der Waals surface area contributed by atoms with Gasteiger partial charge >= 0.3 is 5.97 Å². The van der Waals surface area contributed by atoms with Gasteiger partial charge in [0.15, 0.2) is 0 Å². The molecule has 0 saturated heterocycles. The summed E-state index contributed by atoms with van der Waals surface area (Å²) in [4.78, 5) is 11.9. The number of aromatic hydroxyl groups is 1. The van der Waals surface area contributed by atoms with Crippen LogP contribution in [0.4, 0.5) is 5.69 Å². The van der Waals surface area contributed by atoms with Crippen molar-refractivity contribution in [1.29, 1.82) is 0 Å². The molecule has 0 aliphatic carbocycles. The number of nitrogen functional groups attached to an aromatic ring is 1. The van der Waals surface area contributed by atoms with E-state index in [0.29, 0.717) is 0 Å². The average Bonchev–Trinajstić information content (AvgIpc) is 2.39. The lowest BCUT2D eigenvalue weighted by Gasteiger charge is -2.07. The molecule has 0 heterocycles. The van der Waals surface area contributed by atoms with Crippen LogP contribution in [0.25, 0.3) is 0 Å². The second-order valence-corrected chi connectivity index (χ2v) is 4.89. The molecule has 0 radical (unpaired) electrons. The van der Waals surface area contributed by atoms with Gasteiger partial charge in [0.25, 0.3) is 0 Å². The molecule has 0 bridgehead atoms. The summed E-state index contributed by atoms with van der Waals surface area (Å²) in [5, 5.41) is 9.34. The number of carbonyl (C=O) groups is 1. The van der Waals surface area contributed by atoms with E-state index in [0.717, 1.165) is 10.0 Å². The van der Waals surface area contributed by atoms with Gasteiger partial charge in [0.05, 0.1) is 5.56 Å². The minimum absolute atomic E-state index is 0.0244. The zero-order valence-corrected chi connectivity index (χ0v) is 11.6. The summed E-state index contributed by atoms with van der Waals surface area (Å²) in [5.74, 6) is -0.586. The van der Waals surface area contributed by atoms with E-state index in [9.17, 15) is 9.90 Å². The number of nitrogens with two attached hydrogens (primary N) is 1. The molecule has 19 heavy (non-hydrogen) atoms. The van der Waals surface area contributed by atoms with Crippen molar-refractivity contribution in [3.63, 3.8) is 0 Å². The lowest BCUT2D eigenvalue weighted by Crippen LogP contribution is -2.08. The lowest BCUT2D eigenvalue weighted by molar-refractivity contribution is 0.0473. The molecule has 0 aliphatic rings. The minimum Gasteiger partial charge on any atom is -0.508 e. The van der Waals surface area contributed by atoms with E-state index in [2.05, 4.69) is 15.9 Å². The fourth-order valence-corrected chi connectivity index (χ4v) is 2.02. The van der Waals surface area contributed by atoms with Gasteiger partial charge in [-0.15, -0.1) is 0 Å². The third-order valence-corrected chi connectivity index (χ3v) is 3.01. The van der Waals surface area contributed by atoms with Crippen LogP contribution < -0.4 is 5.73 Å². The van der Waals surface area contributed by atoms with E-state index in [1.807, 2.05) is 24.3 Å². The van der Waals surface area contributed by atoms with Crippen molar-refractivity contribution in [1.82, 2.24) is 0 Å². The fourth-order valence-electron chi connectivity index (χ4n) is 1.57. The third kappa shape index (κ3) is 3.48. The van der Waals surface area contributed by atoms with E-state index in [-0.39, 0.29) is 23.6 Å². The maximum absolute atomic E-state index is 11.9. The third-order valence-electron chi connectivity index (χ3n) is 2.52. The zero-order chi connectivity index (χ0) is 13.8. The number of hydrogen-bond acceptors (Lipinski definition) is 4. The van der Waals surface area contributed by atoms with Crippen LogP contribution in [0.2, 0.25) is 0 Å². The second-order valence-electron chi connectivity index (χ2n) is 3.98. The van der Waals surface area contributed by atoms with Crippen molar-refractivity contribution in [2.45, 2.75) is 6.61 Å². The lowest BCUT2D eigenvalue weighted by atomic mass is 10.1. The number of carbonyl (C=O) groups excluding carboxylic acids is 1. The summed E-state index contributed by atoms with van der Waals surface area (Å²) >= 11 is 3.34. The highest BCUT2D eigenvalue weighted by molar-refractivity contribution is 9.10. The highest BCUT2D eigenvalue weighted by Gasteiger charge is 2.12. The number of ether oxygens (including phenoxy) is 1. The van der Waals surface area contributed by atoms with Crippen molar-refractivity contribution in [3.8, 4) is 5.75 Å². The molecule has 2 rings (SSSR count). The molecule has 0 spiro atoms. The van der Waals surface area contributed by atoms with Crippen molar-refractivity contribution >= 4 is 27.6 Å². The van der Waals surface area contributed by atoms with E-state index in [4.69, 9.17) is 10.5 Å². The van der Waals surface area contributed by atoms with Crippen molar-refractivity contribution in [2.24, 2.45) is 0 Å². The van der Waals surface area contributed by atoms with Gasteiger partial charge < -0.3 is 15.6 Å². The van der Waals surface area contributed by atoms with Gasteiger partial charge in [-0.1, -0.05) is 28.1 Å². The number of phenols is 1. The summed E-state index contributed by atoms with van der Waals surface area (Å²) in [5.41, 5.74) is 6.96. The normalized spacial score (nSPS) is 10.2. The predicted octanol–water partition coefficient (Wildman–Crippen LogP) is 3.09. The van der Waals surface area contributed by atoms with Crippen LogP contribution in [0.15, 0.2) is 46.9 Å². The van der Waals surface area contributed by atoms with Crippen molar-refractivity contribution < 1.29 is 14.6 Å². The van der Waals surface area contributed by atoms with Crippen LogP contribution in [-0.4, -0.2) is 11.1 Å². The monoisotopic (exact) mass is 321 g/mol. The van der Waals surface area contributed by atoms with Gasteiger partial charge in [-0.05, 0) is 35.9 Å². The maximum atomic E-state index is 11.9. The molecule has 5 heteroatoms. The van der Waals surface area contributed by atoms with Crippen LogP contribution in [-0.2, 0) is 11.3 Å². The Morgan fingerprint density at radius 2 is 2.05 bits per heavy atom. The Morgan fingerprint density at radius 3 is 2.79 bits per heavy atom.